The van der Waals surface area contributed by atoms with Crippen LogP contribution in [0.1, 0.15) is 31.2 Å². The summed E-state index contributed by atoms with van der Waals surface area (Å²) in [5, 5.41) is 6.86. The SMILES string of the molecule is CN=C(NCCCCN1CCN(Cc2ccccc2)CC1)NCC1CC1.I. The molecule has 6 heteroatoms. The lowest BCUT2D eigenvalue weighted by Gasteiger charge is -2.34. The summed E-state index contributed by atoms with van der Waals surface area (Å²) in [4.78, 5) is 9.48. The molecule has 1 aliphatic carbocycles. The molecule has 0 radical (unpaired) electrons. The minimum atomic E-state index is 0. The monoisotopic (exact) mass is 485 g/mol. The van der Waals surface area contributed by atoms with E-state index in [1.807, 2.05) is 7.05 Å². The van der Waals surface area contributed by atoms with E-state index in [2.05, 4.69) is 55.8 Å². The van der Waals surface area contributed by atoms with Gasteiger partial charge < -0.3 is 15.5 Å². The van der Waals surface area contributed by atoms with Crippen molar-refractivity contribution in [2.24, 2.45) is 10.9 Å². The quantitative estimate of drug-likeness (QED) is 0.245. The van der Waals surface area contributed by atoms with E-state index in [1.165, 1.54) is 64.0 Å². The van der Waals surface area contributed by atoms with Crippen molar-refractivity contribution in [3.8, 4) is 0 Å². The van der Waals surface area contributed by atoms with Gasteiger partial charge in [0.2, 0.25) is 0 Å². The molecule has 1 aliphatic heterocycles. The van der Waals surface area contributed by atoms with Gasteiger partial charge in [0.05, 0.1) is 0 Å². The normalized spacial score (nSPS) is 18.8. The number of halogens is 1. The number of benzene rings is 1. The average Bonchev–Trinajstić information content (AvgIpc) is 3.50. The number of nitrogens with one attached hydrogen (secondary N) is 2. The second-order valence-electron chi connectivity index (χ2n) is 7.63. The number of hydrogen-bond acceptors (Lipinski definition) is 3. The van der Waals surface area contributed by atoms with Crippen molar-refractivity contribution in [1.29, 1.82) is 0 Å². The number of rotatable bonds is 9. The van der Waals surface area contributed by atoms with E-state index in [1.54, 1.807) is 0 Å². The van der Waals surface area contributed by atoms with Crippen molar-refractivity contribution < 1.29 is 0 Å². The molecule has 152 valence electrons. The fourth-order valence-electron chi connectivity index (χ4n) is 3.46. The highest BCUT2D eigenvalue weighted by molar-refractivity contribution is 14.0. The Kier molecular flexibility index (Phi) is 10.4. The van der Waals surface area contributed by atoms with Gasteiger partial charge in [-0.2, -0.15) is 0 Å². The first-order valence-corrected chi connectivity index (χ1v) is 10.3. The Morgan fingerprint density at radius 3 is 2.37 bits per heavy atom. The Morgan fingerprint density at radius 2 is 1.70 bits per heavy atom. The highest BCUT2D eigenvalue weighted by Crippen LogP contribution is 2.27. The van der Waals surface area contributed by atoms with Crippen LogP contribution in [0.15, 0.2) is 35.3 Å². The smallest absolute Gasteiger partial charge is 0.190 e. The molecular weight excluding hydrogens is 449 g/mol. The zero-order valence-electron chi connectivity index (χ0n) is 16.7. The highest BCUT2D eigenvalue weighted by Gasteiger charge is 2.21. The number of hydrogen-bond donors (Lipinski definition) is 2. The molecule has 1 saturated heterocycles. The molecular formula is C21H36IN5. The summed E-state index contributed by atoms with van der Waals surface area (Å²) in [6, 6.07) is 10.8. The van der Waals surface area contributed by atoms with Gasteiger partial charge in [-0.25, -0.2) is 0 Å². The van der Waals surface area contributed by atoms with Gasteiger partial charge in [-0.05, 0) is 43.7 Å². The van der Waals surface area contributed by atoms with Crippen molar-refractivity contribution in [2.75, 3.05) is 52.9 Å². The lowest BCUT2D eigenvalue weighted by atomic mass is 10.2. The van der Waals surface area contributed by atoms with Crippen LogP contribution in [-0.2, 0) is 6.54 Å². The number of aliphatic imine (C=N–C) groups is 1. The zero-order chi connectivity index (χ0) is 18.0. The molecule has 5 nitrogen and oxygen atoms in total. The lowest BCUT2D eigenvalue weighted by Crippen LogP contribution is -2.46. The van der Waals surface area contributed by atoms with Crippen molar-refractivity contribution in [3.63, 3.8) is 0 Å². The van der Waals surface area contributed by atoms with E-state index in [9.17, 15) is 0 Å². The standard InChI is InChI=1S/C21H35N5.HI/c1-22-21(24-17-19-9-10-19)23-11-5-6-12-25-13-15-26(16-14-25)18-20-7-3-2-4-8-20;/h2-4,7-8,19H,5-6,9-18H2,1H3,(H2,22,23,24);1H. The highest BCUT2D eigenvalue weighted by atomic mass is 127. The van der Waals surface area contributed by atoms with Crippen LogP contribution in [0.2, 0.25) is 0 Å². The van der Waals surface area contributed by atoms with Crippen molar-refractivity contribution in [3.05, 3.63) is 35.9 Å². The average molecular weight is 485 g/mol. The van der Waals surface area contributed by atoms with Crippen molar-refractivity contribution in [1.82, 2.24) is 20.4 Å². The Bertz CT molecular complexity index is 539. The van der Waals surface area contributed by atoms with Crippen molar-refractivity contribution >= 4 is 29.9 Å². The van der Waals surface area contributed by atoms with Gasteiger partial charge >= 0.3 is 0 Å². The van der Waals surface area contributed by atoms with E-state index in [-0.39, 0.29) is 24.0 Å². The van der Waals surface area contributed by atoms with E-state index in [0.29, 0.717) is 0 Å². The van der Waals surface area contributed by atoms with Crippen LogP contribution in [0.4, 0.5) is 0 Å². The molecule has 1 heterocycles. The zero-order valence-corrected chi connectivity index (χ0v) is 19.0. The molecule has 2 N–H and O–H groups in total. The van der Waals surface area contributed by atoms with Crippen LogP contribution >= 0.6 is 24.0 Å². The van der Waals surface area contributed by atoms with Crippen LogP contribution in [0.25, 0.3) is 0 Å². The van der Waals surface area contributed by atoms with Crippen LogP contribution in [0.5, 0.6) is 0 Å². The van der Waals surface area contributed by atoms with Gasteiger partial charge in [0.1, 0.15) is 0 Å². The predicted molar refractivity (Wildman–Crippen MR) is 125 cm³/mol. The summed E-state index contributed by atoms with van der Waals surface area (Å²) in [6.45, 7) is 9.16. The van der Waals surface area contributed by atoms with Crippen LogP contribution < -0.4 is 10.6 Å². The molecule has 2 aliphatic rings. The van der Waals surface area contributed by atoms with Crippen molar-refractivity contribution in [2.45, 2.75) is 32.2 Å². The molecule has 1 saturated carbocycles. The first-order valence-electron chi connectivity index (χ1n) is 10.3. The third-order valence-electron chi connectivity index (χ3n) is 5.39. The molecule has 0 atom stereocenters. The van der Waals surface area contributed by atoms with E-state index in [0.717, 1.165) is 31.5 Å². The minimum Gasteiger partial charge on any atom is -0.356 e. The molecule has 0 bridgehead atoms. The third kappa shape index (κ3) is 8.79. The molecule has 27 heavy (non-hydrogen) atoms. The molecule has 0 aromatic heterocycles. The van der Waals surface area contributed by atoms with Crippen LogP contribution in [-0.4, -0.2) is 68.6 Å². The number of unbranched alkanes of at least 4 members (excludes halogenated alkanes) is 1. The molecule has 0 unspecified atom stereocenters. The summed E-state index contributed by atoms with van der Waals surface area (Å²) < 4.78 is 0. The fraction of sp³-hybridized carbons (Fsp3) is 0.667. The number of guanidine groups is 1. The van der Waals surface area contributed by atoms with Crippen LogP contribution in [0, 0.1) is 5.92 Å². The van der Waals surface area contributed by atoms with Gasteiger partial charge in [0, 0.05) is 52.9 Å². The van der Waals surface area contributed by atoms with Crippen LogP contribution in [0.3, 0.4) is 0 Å². The largest absolute Gasteiger partial charge is 0.356 e. The number of nitrogens with zero attached hydrogens (tertiary/aromatic N) is 3. The van der Waals surface area contributed by atoms with Gasteiger partial charge in [0.15, 0.2) is 5.96 Å². The molecule has 1 aromatic rings. The molecule has 2 fully saturated rings. The van der Waals surface area contributed by atoms with Gasteiger partial charge in [-0.15, -0.1) is 24.0 Å². The summed E-state index contributed by atoms with van der Waals surface area (Å²) >= 11 is 0. The summed E-state index contributed by atoms with van der Waals surface area (Å²) in [5.41, 5.74) is 1.43. The fourth-order valence-corrected chi connectivity index (χ4v) is 3.46. The minimum absolute atomic E-state index is 0. The number of piperazine rings is 1. The van der Waals surface area contributed by atoms with Gasteiger partial charge in [0.25, 0.3) is 0 Å². The Morgan fingerprint density at radius 1 is 1.00 bits per heavy atom. The summed E-state index contributed by atoms with van der Waals surface area (Å²) in [7, 11) is 1.86. The second kappa shape index (κ2) is 12.6. The maximum Gasteiger partial charge on any atom is 0.190 e. The summed E-state index contributed by atoms with van der Waals surface area (Å²) in [5.74, 6) is 1.85. The van der Waals surface area contributed by atoms with E-state index < -0.39 is 0 Å². The summed E-state index contributed by atoms with van der Waals surface area (Å²) in [6.07, 6.45) is 5.21. The maximum absolute atomic E-state index is 4.30. The maximum atomic E-state index is 4.30. The first-order chi connectivity index (χ1) is 12.8. The molecule has 0 spiro atoms. The second-order valence-corrected chi connectivity index (χ2v) is 7.63. The van der Waals surface area contributed by atoms with E-state index in [4.69, 9.17) is 0 Å². The van der Waals surface area contributed by atoms with Gasteiger partial charge in [-0.1, -0.05) is 30.3 Å². The topological polar surface area (TPSA) is 42.9 Å². The predicted octanol–water partition coefficient (Wildman–Crippen LogP) is 2.78. The Labute approximate surface area is 182 Å². The molecule has 1 aromatic carbocycles. The first kappa shape index (κ1) is 22.4. The van der Waals surface area contributed by atoms with Gasteiger partial charge in [-0.3, -0.25) is 9.89 Å². The lowest BCUT2D eigenvalue weighted by molar-refractivity contribution is 0.126. The Balaban J connectivity index is 0.00000261. The third-order valence-corrected chi connectivity index (χ3v) is 5.39. The van der Waals surface area contributed by atoms with E-state index >= 15 is 0 Å². The molecule has 3 rings (SSSR count). The molecule has 0 amide bonds. The Hall–Kier alpha value is -0.860.